The van der Waals surface area contributed by atoms with E-state index in [1.165, 1.54) is 23.1 Å². The highest BCUT2D eigenvalue weighted by atomic mass is 32.2. The van der Waals surface area contributed by atoms with Crippen molar-refractivity contribution in [2.75, 3.05) is 16.8 Å². The van der Waals surface area contributed by atoms with Crippen LogP contribution >= 0.6 is 46.6 Å². The van der Waals surface area contributed by atoms with Crippen molar-refractivity contribution < 1.29 is 4.79 Å². The molecule has 0 aliphatic rings. The van der Waals surface area contributed by atoms with Gasteiger partial charge in [0.05, 0.1) is 5.75 Å². The zero-order valence-electron chi connectivity index (χ0n) is 13.7. The summed E-state index contributed by atoms with van der Waals surface area (Å²) in [6.45, 7) is 7.74. The van der Waals surface area contributed by atoms with Gasteiger partial charge in [-0.1, -0.05) is 47.0 Å². The van der Waals surface area contributed by atoms with Crippen LogP contribution in [-0.2, 0) is 4.79 Å². The van der Waals surface area contributed by atoms with Crippen LogP contribution in [0.2, 0.25) is 0 Å². The second-order valence-corrected chi connectivity index (χ2v) is 9.37. The Morgan fingerprint density at radius 2 is 2.00 bits per heavy atom. The summed E-state index contributed by atoms with van der Waals surface area (Å²) in [7, 11) is 0. The van der Waals surface area contributed by atoms with Crippen LogP contribution < -0.4 is 5.32 Å². The molecule has 0 saturated carbocycles. The smallest absolute Gasteiger partial charge is 0.234 e. The van der Waals surface area contributed by atoms with Gasteiger partial charge in [-0.25, -0.2) is 0 Å². The number of carbonyl (C=O) groups is 1. The van der Waals surface area contributed by atoms with Crippen molar-refractivity contribution in [1.29, 1.82) is 5.26 Å². The van der Waals surface area contributed by atoms with E-state index in [2.05, 4.69) is 22.1 Å². The largest absolute Gasteiger partial charge is 0.325 e. The topological polar surface area (TPSA) is 78.7 Å². The van der Waals surface area contributed by atoms with Gasteiger partial charge in [0, 0.05) is 16.3 Å². The third-order valence-electron chi connectivity index (χ3n) is 2.79. The van der Waals surface area contributed by atoms with E-state index in [-0.39, 0.29) is 11.7 Å². The number of thiocyanates is 1. The van der Waals surface area contributed by atoms with Crippen molar-refractivity contribution in [2.24, 2.45) is 0 Å². The summed E-state index contributed by atoms with van der Waals surface area (Å²) in [5.41, 5.74) is 2.76. The maximum atomic E-state index is 12.1. The van der Waals surface area contributed by atoms with E-state index in [9.17, 15) is 4.79 Å². The van der Waals surface area contributed by atoms with Gasteiger partial charge in [0.1, 0.15) is 5.40 Å². The minimum atomic E-state index is -0.0971. The molecule has 0 aliphatic heterocycles. The van der Waals surface area contributed by atoms with E-state index in [0.717, 1.165) is 47.9 Å². The second-order valence-electron chi connectivity index (χ2n) is 5.09. The Labute approximate surface area is 163 Å². The summed E-state index contributed by atoms with van der Waals surface area (Å²) in [4.78, 5) is 13.0. The van der Waals surface area contributed by atoms with E-state index in [0.29, 0.717) is 0 Å². The second kappa shape index (κ2) is 9.87. The fourth-order valence-corrected chi connectivity index (χ4v) is 4.85. The number of nitrogens with one attached hydrogen (secondary N) is 1. The van der Waals surface area contributed by atoms with Crippen LogP contribution in [0.5, 0.6) is 0 Å². The van der Waals surface area contributed by atoms with Crippen molar-refractivity contribution in [2.45, 2.75) is 27.4 Å². The molecule has 25 heavy (non-hydrogen) atoms. The van der Waals surface area contributed by atoms with E-state index < -0.39 is 0 Å². The number of rotatable bonds is 8. The van der Waals surface area contributed by atoms with Crippen LogP contribution in [0.4, 0.5) is 5.69 Å². The molecule has 2 aromatic rings. The van der Waals surface area contributed by atoms with Crippen molar-refractivity contribution in [1.82, 2.24) is 10.2 Å². The fourth-order valence-electron chi connectivity index (χ4n) is 1.70. The molecule has 1 aromatic carbocycles. The number of nitrogens with zero attached hydrogens (tertiary/aromatic N) is 3. The van der Waals surface area contributed by atoms with Crippen LogP contribution in [0.25, 0.3) is 0 Å². The first-order chi connectivity index (χ1) is 12.0. The van der Waals surface area contributed by atoms with Gasteiger partial charge in [0.15, 0.2) is 8.68 Å². The number of amides is 1. The summed E-state index contributed by atoms with van der Waals surface area (Å²) in [6, 6.07) is 5.51. The summed E-state index contributed by atoms with van der Waals surface area (Å²) in [5.74, 6) is 0.993. The number of benzene rings is 1. The molecule has 0 fully saturated rings. The Morgan fingerprint density at radius 3 is 2.60 bits per heavy atom. The van der Waals surface area contributed by atoms with Crippen molar-refractivity contribution >= 4 is 58.2 Å². The van der Waals surface area contributed by atoms with E-state index in [4.69, 9.17) is 5.26 Å². The van der Waals surface area contributed by atoms with Crippen LogP contribution in [-0.4, -0.2) is 27.6 Å². The van der Waals surface area contributed by atoms with Crippen LogP contribution in [0, 0.1) is 17.6 Å². The Bertz CT molecular complexity index is 813. The number of anilines is 1. The fraction of sp³-hybridized carbons (Fsp3) is 0.250. The number of aromatic nitrogens is 2. The summed E-state index contributed by atoms with van der Waals surface area (Å²) < 4.78 is 1.66. The molecule has 9 heteroatoms. The molecule has 0 spiro atoms. The molecule has 0 atom stereocenters. The number of hydrogen-bond donors (Lipinski definition) is 1. The minimum absolute atomic E-state index is 0.0971. The first-order valence-electron chi connectivity index (χ1n) is 7.18. The predicted octanol–water partition coefficient (Wildman–Crippen LogP) is 4.82. The van der Waals surface area contributed by atoms with Gasteiger partial charge >= 0.3 is 0 Å². The van der Waals surface area contributed by atoms with Gasteiger partial charge in [-0.3, -0.25) is 4.79 Å². The Balaban J connectivity index is 1.85. The lowest BCUT2D eigenvalue weighted by Crippen LogP contribution is -2.14. The maximum absolute atomic E-state index is 12.1. The number of hydrogen-bond acceptors (Lipinski definition) is 8. The Kier molecular flexibility index (Phi) is 7.84. The maximum Gasteiger partial charge on any atom is 0.234 e. The predicted molar refractivity (Wildman–Crippen MR) is 107 cm³/mol. The average molecular weight is 409 g/mol. The van der Waals surface area contributed by atoms with E-state index >= 15 is 0 Å². The highest BCUT2D eigenvalue weighted by molar-refractivity contribution is 8.04. The number of carbonyl (C=O) groups excluding carboxylic acids is 1. The molecule has 1 heterocycles. The lowest BCUT2D eigenvalue weighted by atomic mass is 10.2. The lowest BCUT2D eigenvalue weighted by molar-refractivity contribution is -0.113. The molecule has 1 aromatic heterocycles. The molecule has 1 amide bonds. The molecular weight excluding hydrogens is 392 g/mol. The van der Waals surface area contributed by atoms with Crippen molar-refractivity contribution in [3.8, 4) is 5.40 Å². The molecule has 0 radical (unpaired) electrons. The summed E-state index contributed by atoms with van der Waals surface area (Å²) in [5, 5.41) is 21.8. The quantitative estimate of drug-likeness (QED) is 0.381. The van der Waals surface area contributed by atoms with Crippen LogP contribution in [0.3, 0.4) is 0 Å². The third-order valence-corrected chi connectivity index (χ3v) is 6.79. The highest BCUT2D eigenvalue weighted by Gasteiger charge is 2.10. The number of thioether (sulfide) groups is 3. The van der Waals surface area contributed by atoms with Gasteiger partial charge in [-0.2, -0.15) is 5.26 Å². The highest BCUT2D eigenvalue weighted by Crippen LogP contribution is 2.30. The molecule has 2 rings (SSSR count). The molecule has 1 N–H and O–H groups in total. The third kappa shape index (κ3) is 6.74. The van der Waals surface area contributed by atoms with Gasteiger partial charge in [-0.05, 0) is 49.4 Å². The summed E-state index contributed by atoms with van der Waals surface area (Å²) in [6.07, 6.45) is 0. The SMILES string of the molecule is C=C(C)CSc1nnc(SCC(=O)Nc2ccc(SC#N)cc2C)s1. The first-order valence-corrected chi connectivity index (χ1v) is 10.8. The molecule has 0 bridgehead atoms. The van der Waals surface area contributed by atoms with Crippen LogP contribution in [0.15, 0.2) is 43.9 Å². The molecule has 130 valence electrons. The van der Waals surface area contributed by atoms with Crippen molar-refractivity contribution in [3.63, 3.8) is 0 Å². The average Bonchev–Trinajstić information content (AvgIpc) is 3.02. The lowest BCUT2D eigenvalue weighted by Gasteiger charge is -2.08. The monoisotopic (exact) mass is 408 g/mol. The van der Waals surface area contributed by atoms with Crippen molar-refractivity contribution in [3.05, 3.63) is 35.9 Å². The normalized spacial score (nSPS) is 10.3. The van der Waals surface area contributed by atoms with Gasteiger partial charge < -0.3 is 5.32 Å². The van der Waals surface area contributed by atoms with E-state index in [1.54, 1.807) is 11.8 Å². The molecule has 0 saturated heterocycles. The first kappa shape index (κ1) is 19.8. The van der Waals surface area contributed by atoms with Gasteiger partial charge in [0.25, 0.3) is 0 Å². The van der Waals surface area contributed by atoms with Gasteiger partial charge in [0.2, 0.25) is 5.91 Å². The Hall–Kier alpha value is -1.47. The molecular formula is C16H16N4OS4. The zero-order valence-corrected chi connectivity index (χ0v) is 17.0. The number of nitriles is 1. The Morgan fingerprint density at radius 1 is 1.32 bits per heavy atom. The molecule has 5 nitrogen and oxygen atoms in total. The van der Waals surface area contributed by atoms with Crippen LogP contribution in [0.1, 0.15) is 12.5 Å². The minimum Gasteiger partial charge on any atom is -0.325 e. The number of aryl methyl sites for hydroxylation is 1. The van der Waals surface area contributed by atoms with Gasteiger partial charge in [-0.15, -0.1) is 10.2 Å². The molecule has 0 aliphatic carbocycles. The van der Waals surface area contributed by atoms with E-state index in [1.807, 2.05) is 37.4 Å². The zero-order chi connectivity index (χ0) is 18.2. The summed E-state index contributed by atoms with van der Waals surface area (Å²) >= 11 is 5.55. The molecule has 0 unspecified atom stereocenters. The standard InChI is InChI=1S/C16H16N4OS4/c1-10(2)7-22-15-19-20-16(25-15)23-8-14(21)18-13-5-4-12(24-9-17)6-11(13)3/h4-6H,1,7-8H2,2-3H3,(H,18,21).